The van der Waals surface area contributed by atoms with Crippen molar-refractivity contribution in [3.8, 4) is 0 Å². The summed E-state index contributed by atoms with van der Waals surface area (Å²) in [6.45, 7) is 1.89. The summed E-state index contributed by atoms with van der Waals surface area (Å²) < 4.78 is 0.702. The van der Waals surface area contributed by atoms with Gasteiger partial charge in [0.05, 0.1) is 5.02 Å². The quantitative estimate of drug-likeness (QED) is 0.676. The first-order valence-corrected chi connectivity index (χ1v) is 6.80. The van der Waals surface area contributed by atoms with Crippen LogP contribution in [0, 0.1) is 6.92 Å². The van der Waals surface area contributed by atoms with Gasteiger partial charge >= 0.3 is 0 Å². The van der Waals surface area contributed by atoms with Crippen molar-refractivity contribution in [2.24, 2.45) is 0 Å². The molecule has 0 bridgehead atoms. The second-order valence-corrected chi connectivity index (χ2v) is 5.53. The van der Waals surface area contributed by atoms with Crippen LogP contribution in [0.15, 0.2) is 40.9 Å². The molecule has 18 heavy (non-hydrogen) atoms. The first-order valence-electron chi connectivity index (χ1n) is 5.25. The maximum atomic E-state index is 12.3. The number of halogens is 3. The average molecular weight is 344 g/mol. The van der Waals surface area contributed by atoms with E-state index in [0.29, 0.717) is 25.6 Å². The number of ketones is 1. The molecule has 0 heterocycles. The van der Waals surface area contributed by atoms with Gasteiger partial charge in [-0.2, -0.15) is 0 Å². The number of hydrogen-bond acceptors (Lipinski definition) is 1. The second-order valence-electron chi connectivity index (χ2n) is 3.89. The number of carbonyl (C=O) groups is 1. The standard InChI is InChI=1S/C14H9BrCl2O/c1-8-5-6-9(7-12(8)16)14(18)10-3-2-4-11(15)13(10)17/h2-7H,1H3. The van der Waals surface area contributed by atoms with Gasteiger partial charge in [-0.15, -0.1) is 0 Å². The normalized spacial score (nSPS) is 10.4. The van der Waals surface area contributed by atoms with E-state index in [2.05, 4.69) is 15.9 Å². The maximum absolute atomic E-state index is 12.3. The minimum Gasteiger partial charge on any atom is -0.289 e. The van der Waals surface area contributed by atoms with E-state index in [1.165, 1.54) is 0 Å². The van der Waals surface area contributed by atoms with Crippen LogP contribution >= 0.6 is 39.1 Å². The van der Waals surface area contributed by atoms with Crippen molar-refractivity contribution in [2.75, 3.05) is 0 Å². The molecule has 0 aromatic heterocycles. The van der Waals surface area contributed by atoms with E-state index in [1.54, 1.807) is 30.3 Å². The molecule has 0 unspecified atom stereocenters. The molecule has 2 aromatic rings. The number of aryl methyl sites for hydroxylation is 1. The zero-order chi connectivity index (χ0) is 13.3. The Hall–Kier alpha value is -0.830. The first kappa shape index (κ1) is 13.6. The van der Waals surface area contributed by atoms with Crippen LogP contribution in [0.1, 0.15) is 21.5 Å². The minimum absolute atomic E-state index is 0.136. The van der Waals surface area contributed by atoms with Crippen molar-refractivity contribution in [2.45, 2.75) is 6.92 Å². The highest BCUT2D eigenvalue weighted by Crippen LogP contribution is 2.28. The van der Waals surface area contributed by atoms with Crippen molar-refractivity contribution in [3.63, 3.8) is 0 Å². The second kappa shape index (κ2) is 5.43. The summed E-state index contributed by atoms with van der Waals surface area (Å²) in [6.07, 6.45) is 0. The van der Waals surface area contributed by atoms with Crippen LogP contribution in [-0.2, 0) is 0 Å². The molecule has 0 fully saturated rings. The average Bonchev–Trinajstić information content (AvgIpc) is 2.35. The summed E-state index contributed by atoms with van der Waals surface area (Å²) in [7, 11) is 0. The highest BCUT2D eigenvalue weighted by molar-refractivity contribution is 9.10. The van der Waals surface area contributed by atoms with Crippen LogP contribution in [-0.4, -0.2) is 5.78 Å². The number of carbonyl (C=O) groups excluding carboxylic acids is 1. The summed E-state index contributed by atoms with van der Waals surface area (Å²) >= 11 is 15.4. The Kier molecular flexibility index (Phi) is 4.10. The third-order valence-electron chi connectivity index (χ3n) is 2.63. The smallest absolute Gasteiger partial charge is 0.194 e. The molecule has 0 saturated heterocycles. The summed E-state index contributed by atoms with van der Waals surface area (Å²) in [5.41, 5.74) is 1.94. The van der Waals surface area contributed by atoms with Gasteiger partial charge in [-0.1, -0.05) is 41.4 Å². The fraction of sp³-hybridized carbons (Fsp3) is 0.0714. The highest BCUT2D eigenvalue weighted by atomic mass is 79.9. The molecule has 0 spiro atoms. The van der Waals surface area contributed by atoms with Gasteiger partial charge in [0.25, 0.3) is 0 Å². The van der Waals surface area contributed by atoms with E-state index in [-0.39, 0.29) is 5.78 Å². The van der Waals surface area contributed by atoms with Crippen molar-refractivity contribution in [1.29, 1.82) is 0 Å². The molecule has 4 heteroatoms. The summed E-state index contributed by atoms with van der Waals surface area (Å²) in [4.78, 5) is 12.3. The van der Waals surface area contributed by atoms with E-state index < -0.39 is 0 Å². The lowest BCUT2D eigenvalue weighted by atomic mass is 10.0. The lowest BCUT2D eigenvalue weighted by Gasteiger charge is -2.06. The van der Waals surface area contributed by atoms with Crippen LogP contribution in [0.3, 0.4) is 0 Å². The van der Waals surface area contributed by atoms with Gasteiger partial charge in [0.1, 0.15) is 0 Å². The Morgan fingerprint density at radius 2 is 1.89 bits per heavy atom. The SMILES string of the molecule is Cc1ccc(C(=O)c2cccc(Br)c2Cl)cc1Cl. The first-order chi connectivity index (χ1) is 8.50. The van der Waals surface area contributed by atoms with Crippen molar-refractivity contribution in [1.82, 2.24) is 0 Å². The Morgan fingerprint density at radius 3 is 2.56 bits per heavy atom. The molecule has 0 atom stereocenters. The highest BCUT2D eigenvalue weighted by Gasteiger charge is 2.15. The third-order valence-corrected chi connectivity index (χ3v) is 4.33. The predicted octanol–water partition coefficient (Wildman–Crippen LogP) is 5.30. The van der Waals surface area contributed by atoms with Gasteiger partial charge < -0.3 is 0 Å². The molecule has 0 aliphatic heterocycles. The molecule has 0 aliphatic rings. The van der Waals surface area contributed by atoms with E-state index >= 15 is 0 Å². The van der Waals surface area contributed by atoms with Gasteiger partial charge in [-0.25, -0.2) is 0 Å². The van der Waals surface area contributed by atoms with Crippen LogP contribution in [0.2, 0.25) is 10.0 Å². The Labute approximate surface area is 124 Å². The number of hydrogen-bond donors (Lipinski definition) is 0. The van der Waals surface area contributed by atoms with Gasteiger partial charge in [-0.3, -0.25) is 4.79 Å². The molecule has 0 amide bonds. The van der Waals surface area contributed by atoms with E-state index in [4.69, 9.17) is 23.2 Å². The number of benzene rings is 2. The van der Waals surface area contributed by atoms with Gasteiger partial charge in [0.2, 0.25) is 0 Å². The fourth-order valence-electron chi connectivity index (χ4n) is 1.57. The lowest BCUT2D eigenvalue weighted by molar-refractivity contribution is 0.103. The molecule has 2 rings (SSSR count). The van der Waals surface area contributed by atoms with E-state index in [1.807, 2.05) is 13.0 Å². The molecule has 0 radical (unpaired) electrons. The molecular formula is C14H9BrCl2O. The van der Waals surface area contributed by atoms with Crippen molar-refractivity contribution in [3.05, 3.63) is 67.6 Å². The molecule has 1 nitrogen and oxygen atoms in total. The van der Waals surface area contributed by atoms with Crippen molar-refractivity contribution >= 4 is 44.9 Å². The predicted molar refractivity (Wildman–Crippen MR) is 78.8 cm³/mol. The van der Waals surface area contributed by atoms with Crippen LogP contribution in [0.4, 0.5) is 0 Å². The fourth-order valence-corrected chi connectivity index (χ4v) is 2.33. The van der Waals surface area contributed by atoms with E-state index in [0.717, 1.165) is 5.56 Å². The third kappa shape index (κ3) is 2.61. The van der Waals surface area contributed by atoms with Gasteiger partial charge in [0.15, 0.2) is 5.78 Å². The van der Waals surface area contributed by atoms with Gasteiger partial charge in [0, 0.05) is 20.6 Å². The molecule has 92 valence electrons. The number of rotatable bonds is 2. The van der Waals surface area contributed by atoms with Crippen LogP contribution in [0.5, 0.6) is 0 Å². The maximum Gasteiger partial charge on any atom is 0.194 e. The van der Waals surface area contributed by atoms with Gasteiger partial charge in [-0.05, 0) is 46.6 Å². The molecule has 0 aliphatic carbocycles. The van der Waals surface area contributed by atoms with Crippen LogP contribution < -0.4 is 0 Å². The molecule has 0 N–H and O–H groups in total. The zero-order valence-corrected chi connectivity index (χ0v) is 12.6. The summed E-state index contributed by atoms with van der Waals surface area (Å²) in [5.74, 6) is -0.136. The molecule has 2 aromatic carbocycles. The molecular weight excluding hydrogens is 335 g/mol. The van der Waals surface area contributed by atoms with E-state index in [9.17, 15) is 4.79 Å². The largest absolute Gasteiger partial charge is 0.289 e. The Morgan fingerprint density at radius 1 is 1.17 bits per heavy atom. The monoisotopic (exact) mass is 342 g/mol. The Bertz CT molecular complexity index is 623. The van der Waals surface area contributed by atoms with Crippen LogP contribution in [0.25, 0.3) is 0 Å². The molecule has 0 saturated carbocycles. The minimum atomic E-state index is -0.136. The topological polar surface area (TPSA) is 17.1 Å². The summed E-state index contributed by atoms with van der Waals surface area (Å²) in [6, 6.07) is 10.5. The zero-order valence-electron chi connectivity index (χ0n) is 9.51. The Balaban J connectivity index is 2.48. The van der Waals surface area contributed by atoms with Crippen molar-refractivity contribution < 1.29 is 4.79 Å². The lowest BCUT2D eigenvalue weighted by Crippen LogP contribution is -2.02. The summed E-state index contributed by atoms with van der Waals surface area (Å²) in [5, 5.41) is 0.992.